The molecule has 0 spiro atoms. The van der Waals surface area contributed by atoms with Gasteiger partial charge in [0.05, 0.1) is 27.7 Å². The Labute approximate surface area is 194 Å². The second kappa shape index (κ2) is 8.92. The first-order chi connectivity index (χ1) is 15.3. The Morgan fingerprint density at radius 1 is 1.09 bits per heavy atom. The summed E-state index contributed by atoms with van der Waals surface area (Å²) in [5.41, 5.74) is 2.11. The number of nitrogens with zero attached hydrogens (tertiary/aromatic N) is 3. The third-order valence-electron chi connectivity index (χ3n) is 5.74. The maximum Gasteiger partial charge on any atom is 0.307 e. The summed E-state index contributed by atoms with van der Waals surface area (Å²) in [4.78, 5) is 32.5. The quantitative estimate of drug-likeness (QED) is 0.597. The van der Waals surface area contributed by atoms with Gasteiger partial charge in [0.15, 0.2) is 0 Å². The average molecular weight is 476 g/mol. The van der Waals surface area contributed by atoms with E-state index in [1.165, 1.54) is 24.5 Å². The van der Waals surface area contributed by atoms with Crippen molar-refractivity contribution in [1.29, 1.82) is 0 Å². The van der Waals surface area contributed by atoms with Crippen LogP contribution in [-0.2, 0) is 11.2 Å². The molecule has 0 aliphatic carbocycles. The van der Waals surface area contributed by atoms with Crippen molar-refractivity contribution in [2.45, 2.75) is 13.3 Å². The summed E-state index contributed by atoms with van der Waals surface area (Å²) in [7, 11) is 0. The van der Waals surface area contributed by atoms with Gasteiger partial charge in [-0.1, -0.05) is 35.3 Å². The first-order valence-electron chi connectivity index (χ1n) is 10.0. The number of aromatic nitrogens is 1. The molecule has 4 rings (SSSR count). The van der Waals surface area contributed by atoms with Crippen molar-refractivity contribution in [3.63, 3.8) is 0 Å². The number of amides is 1. The number of piperazine rings is 1. The maximum absolute atomic E-state index is 14.0. The highest BCUT2D eigenvalue weighted by atomic mass is 35.5. The van der Waals surface area contributed by atoms with Crippen LogP contribution in [0.15, 0.2) is 36.7 Å². The monoisotopic (exact) mass is 475 g/mol. The van der Waals surface area contributed by atoms with Crippen LogP contribution < -0.4 is 4.90 Å². The van der Waals surface area contributed by atoms with Gasteiger partial charge in [-0.2, -0.15) is 0 Å². The molecule has 1 saturated heterocycles. The van der Waals surface area contributed by atoms with E-state index < -0.39 is 11.8 Å². The molecule has 1 fully saturated rings. The van der Waals surface area contributed by atoms with Crippen molar-refractivity contribution in [3.8, 4) is 0 Å². The molecule has 0 unspecified atom stereocenters. The van der Waals surface area contributed by atoms with E-state index in [0.29, 0.717) is 69.4 Å². The van der Waals surface area contributed by atoms with Crippen molar-refractivity contribution in [2.24, 2.45) is 0 Å². The van der Waals surface area contributed by atoms with E-state index in [2.05, 4.69) is 4.98 Å². The van der Waals surface area contributed by atoms with Crippen LogP contribution >= 0.6 is 23.2 Å². The van der Waals surface area contributed by atoms with E-state index in [0.717, 1.165) is 0 Å². The Balaban J connectivity index is 1.66. The third kappa shape index (κ3) is 4.23. The summed E-state index contributed by atoms with van der Waals surface area (Å²) >= 11 is 12.5. The van der Waals surface area contributed by atoms with Gasteiger partial charge < -0.3 is 14.9 Å². The summed E-state index contributed by atoms with van der Waals surface area (Å²) in [6.07, 6.45) is 2.84. The number of anilines is 1. The van der Waals surface area contributed by atoms with Crippen LogP contribution in [0, 0.1) is 12.7 Å². The molecule has 0 saturated carbocycles. The van der Waals surface area contributed by atoms with E-state index in [1.54, 1.807) is 24.0 Å². The summed E-state index contributed by atoms with van der Waals surface area (Å²) < 4.78 is 14.0. The minimum atomic E-state index is -0.993. The van der Waals surface area contributed by atoms with Crippen LogP contribution in [0.3, 0.4) is 0 Å². The van der Waals surface area contributed by atoms with Crippen LogP contribution in [0.2, 0.25) is 10.0 Å². The average Bonchev–Trinajstić information content (AvgIpc) is 2.74. The highest BCUT2D eigenvalue weighted by Gasteiger charge is 2.27. The zero-order chi connectivity index (χ0) is 23.0. The van der Waals surface area contributed by atoms with Gasteiger partial charge in [-0.05, 0) is 41.0 Å². The molecule has 32 heavy (non-hydrogen) atoms. The number of carboxylic acid groups (broad SMARTS) is 1. The second-order valence-electron chi connectivity index (χ2n) is 7.70. The number of hydrogen-bond acceptors (Lipinski definition) is 4. The molecule has 9 heteroatoms. The Bertz CT molecular complexity index is 1210. The van der Waals surface area contributed by atoms with Gasteiger partial charge in [0.2, 0.25) is 0 Å². The fourth-order valence-corrected chi connectivity index (χ4v) is 4.75. The number of benzene rings is 2. The van der Waals surface area contributed by atoms with Gasteiger partial charge in [-0.15, -0.1) is 0 Å². The number of rotatable bonds is 4. The molecule has 0 radical (unpaired) electrons. The van der Waals surface area contributed by atoms with Crippen LogP contribution in [0.1, 0.15) is 21.5 Å². The number of hydrogen-bond donors (Lipinski definition) is 1. The Morgan fingerprint density at radius 2 is 1.75 bits per heavy atom. The highest BCUT2D eigenvalue weighted by Crippen LogP contribution is 2.34. The second-order valence-corrected chi connectivity index (χ2v) is 8.52. The zero-order valence-electron chi connectivity index (χ0n) is 17.2. The lowest BCUT2D eigenvalue weighted by atomic mass is 9.92. The van der Waals surface area contributed by atoms with E-state index in [-0.39, 0.29) is 12.3 Å². The van der Waals surface area contributed by atoms with Crippen molar-refractivity contribution >= 4 is 51.5 Å². The Kier molecular flexibility index (Phi) is 6.22. The van der Waals surface area contributed by atoms with Gasteiger partial charge in [0.1, 0.15) is 5.82 Å². The predicted molar refractivity (Wildman–Crippen MR) is 122 cm³/mol. The Hall–Kier alpha value is -2.90. The van der Waals surface area contributed by atoms with Crippen molar-refractivity contribution < 1.29 is 19.1 Å². The number of carbonyl (C=O) groups excluding carboxylic acids is 1. The van der Waals surface area contributed by atoms with Gasteiger partial charge >= 0.3 is 5.97 Å². The largest absolute Gasteiger partial charge is 0.481 e. The molecule has 1 aliphatic heterocycles. The normalized spacial score (nSPS) is 14.1. The molecule has 1 amide bonds. The third-order valence-corrected chi connectivity index (χ3v) is 6.29. The van der Waals surface area contributed by atoms with Gasteiger partial charge in [-0.25, -0.2) is 4.39 Å². The van der Waals surface area contributed by atoms with E-state index in [1.807, 2.05) is 4.90 Å². The first-order valence-corrected chi connectivity index (χ1v) is 10.8. The fraction of sp³-hybridized carbons (Fsp3) is 0.261. The highest BCUT2D eigenvalue weighted by molar-refractivity contribution is 6.38. The van der Waals surface area contributed by atoms with Crippen molar-refractivity contribution in [1.82, 2.24) is 9.88 Å². The Morgan fingerprint density at radius 3 is 2.38 bits per heavy atom. The summed E-state index contributed by atoms with van der Waals surface area (Å²) in [6.45, 7) is 3.55. The molecule has 0 bridgehead atoms. The van der Waals surface area contributed by atoms with Crippen LogP contribution in [0.4, 0.5) is 10.1 Å². The topological polar surface area (TPSA) is 73.7 Å². The molecule has 1 aromatic heterocycles. The number of carboxylic acids is 1. The lowest BCUT2D eigenvalue weighted by molar-refractivity contribution is -0.136. The van der Waals surface area contributed by atoms with Gasteiger partial charge in [0.25, 0.3) is 5.91 Å². The number of carbonyl (C=O) groups is 2. The van der Waals surface area contributed by atoms with Gasteiger partial charge in [0, 0.05) is 38.6 Å². The molecular weight excluding hydrogens is 456 g/mol. The lowest BCUT2D eigenvalue weighted by Crippen LogP contribution is -2.49. The lowest BCUT2D eigenvalue weighted by Gasteiger charge is -2.37. The zero-order valence-corrected chi connectivity index (χ0v) is 18.8. The minimum absolute atomic E-state index is 0.216. The standard InChI is InChI=1S/C23H20Cl2FN3O3/c1-13-15(9-20(30)31)8-14-2-3-16(26)10-17(14)21(13)23(32)29-6-4-28(5-7-29)22-18(24)11-27-12-19(22)25/h2-3,8,10-12H,4-7,9H2,1H3,(H,30,31). The molecule has 2 aromatic carbocycles. The molecule has 2 heterocycles. The van der Waals surface area contributed by atoms with Gasteiger partial charge in [-0.3, -0.25) is 14.6 Å². The van der Waals surface area contributed by atoms with E-state index >= 15 is 0 Å². The number of aliphatic carboxylic acids is 1. The number of pyridine rings is 1. The number of fused-ring (bicyclic) bond motifs is 1. The summed E-state index contributed by atoms with van der Waals surface area (Å²) in [6, 6.07) is 5.91. The molecule has 1 aliphatic rings. The molecule has 6 nitrogen and oxygen atoms in total. The molecule has 1 N–H and O–H groups in total. The maximum atomic E-state index is 14.0. The van der Waals surface area contributed by atoms with Crippen molar-refractivity contribution in [3.05, 3.63) is 69.2 Å². The summed E-state index contributed by atoms with van der Waals surface area (Å²) in [5, 5.41) is 11.3. The van der Waals surface area contributed by atoms with Crippen molar-refractivity contribution in [2.75, 3.05) is 31.1 Å². The van der Waals surface area contributed by atoms with Crippen LogP contribution in [-0.4, -0.2) is 53.0 Å². The first kappa shape index (κ1) is 22.3. The predicted octanol–water partition coefficient (Wildman–Crippen LogP) is 4.58. The number of halogens is 3. The minimum Gasteiger partial charge on any atom is -0.481 e. The smallest absolute Gasteiger partial charge is 0.307 e. The SMILES string of the molecule is Cc1c(CC(=O)O)cc2ccc(F)cc2c1C(=O)N1CCN(c2c(Cl)cncc2Cl)CC1. The van der Waals surface area contributed by atoms with Crippen LogP contribution in [0.25, 0.3) is 10.8 Å². The molecule has 0 atom stereocenters. The van der Waals surface area contributed by atoms with E-state index in [9.17, 15) is 19.1 Å². The molecular formula is C23H20Cl2FN3O3. The molecule has 3 aromatic rings. The fourth-order valence-electron chi connectivity index (χ4n) is 4.15. The molecule has 166 valence electrons. The van der Waals surface area contributed by atoms with E-state index in [4.69, 9.17) is 23.2 Å². The van der Waals surface area contributed by atoms with Crippen LogP contribution in [0.5, 0.6) is 0 Å². The summed E-state index contributed by atoms with van der Waals surface area (Å²) in [5.74, 6) is -1.70.